The maximum Gasteiger partial charge on any atom is 0.173 e. The molecule has 4 heteroatoms. The normalized spacial score (nSPS) is 23.1. The summed E-state index contributed by atoms with van der Waals surface area (Å²) in [5.41, 5.74) is 1.16. The van der Waals surface area contributed by atoms with Crippen molar-refractivity contribution in [2.45, 2.75) is 12.6 Å². The molecular weight excluding hydrogens is 210 g/mol. The lowest BCUT2D eigenvalue weighted by molar-refractivity contribution is 0.590. The number of hydrogen-bond acceptors (Lipinski definition) is 3. The lowest BCUT2D eigenvalue weighted by Crippen LogP contribution is -2.29. The average Bonchev–Trinajstić information content (AvgIpc) is 2.57. The molecule has 15 heavy (non-hydrogen) atoms. The molecule has 0 bridgehead atoms. The molecule has 0 amide bonds. The van der Waals surface area contributed by atoms with Crippen LogP contribution in [0.1, 0.15) is 5.56 Å². The number of benzene rings is 1. The first-order chi connectivity index (χ1) is 7.16. The van der Waals surface area contributed by atoms with E-state index in [-0.39, 0.29) is 11.8 Å². The second-order valence-corrected chi connectivity index (χ2v) is 5.56. The Morgan fingerprint density at radius 3 is 2.60 bits per heavy atom. The second-order valence-electron chi connectivity index (χ2n) is 3.63. The van der Waals surface area contributed by atoms with Gasteiger partial charge in [-0.25, -0.2) is 8.42 Å². The average molecular weight is 223 g/mol. The third kappa shape index (κ3) is 2.91. The first-order valence-electron chi connectivity index (χ1n) is 4.84. The van der Waals surface area contributed by atoms with E-state index in [0.29, 0.717) is 6.54 Å². The first-order valence-corrected chi connectivity index (χ1v) is 6.55. The number of sulfone groups is 1. The van der Waals surface area contributed by atoms with Crippen LogP contribution in [-0.2, 0) is 16.4 Å². The maximum atomic E-state index is 11.1. The van der Waals surface area contributed by atoms with Gasteiger partial charge in [0.15, 0.2) is 9.84 Å². The molecule has 0 aromatic heterocycles. The highest BCUT2D eigenvalue weighted by molar-refractivity contribution is 7.94. The largest absolute Gasteiger partial charge is 0.305 e. The van der Waals surface area contributed by atoms with Crippen molar-refractivity contribution in [2.75, 3.05) is 5.75 Å². The number of hydrogen-bond donors (Lipinski definition) is 1. The Bertz CT molecular complexity index is 451. The summed E-state index contributed by atoms with van der Waals surface area (Å²) >= 11 is 0. The van der Waals surface area contributed by atoms with Gasteiger partial charge in [0.25, 0.3) is 0 Å². The summed E-state index contributed by atoms with van der Waals surface area (Å²) in [6.45, 7) is 0.700. The van der Waals surface area contributed by atoms with Gasteiger partial charge >= 0.3 is 0 Å². The van der Waals surface area contributed by atoms with E-state index in [2.05, 4.69) is 5.32 Å². The minimum Gasteiger partial charge on any atom is -0.305 e. The molecule has 1 atom stereocenters. The summed E-state index contributed by atoms with van der Waals surface area (Å²) < 4.78 is 22.3. The van der Waals surface area contributed by atoms with Gasteiger partial charge in [0.05, 0.1) is 5.75 Å². The van der Waals surface area contributed by atoms with Gasteiger partial charge in [-0.05, 0) is 5.56 Å². The van der Waals surface area contributed by atoms with E-state index in [1.54, 1.807) is 6.08 Å². The van der Waals surface area contributed by atoms with Crippen molar-refractivity contribution in [3.05, 3.63) is 47.4 Å². The lowest BCUT2D eigenvalue weighted by atomic mass is 10.2. The number of nitrogens with one attached hydrogen (secondary N) is 1. The van der Waals surface area contributed by atoms with Crippen LogP contribution in [-0.4, -0.2) is 20.2 Å². The van der Waals surface area contributed by atoms with Crippen molar-refractivity contribution in [1.29, 1.82) is 0 Å². The van der Waals surface area contributed by atoms with Crippen LogP contribution in [0.4, 0.5) is 0 Å². The molecule has 0 fully saturated rings. The van der Waals surface area contributed by atoms with Gasteiger partial charge in [-0.15, -0.1) is 0 Å². The third-order valence-electron chi connectivity index (χ3n) is 2.34. The Morgan fingerprint density at radius 2 is 2.00 bits per heavy atom. The minimum absolute atomic E-state index is 0.0461. The topological polar surface area (TPSA) is 46.2 Å². The van der Waals surface area contributed by atoms with Gasteiger partial charge in [0, 0.05) is 18.0 Å². The summed E-state index contributed by atoms with van der Waals surface area (Å²) in [6.07, 6.45) is 1.71. The molecule has 0 unspecified atom stereocenters. The smallest absolute Gasteiger partial charge is 0.173 e. The van der Waals surface area contributed by atoms with Crippen LogP contribution in [0.15, 0.2) is 41.8 Å². The summed E-state index contributed by atoms with van der Waals surface area (Å²) in [5.74, 6) is 0.180. The third-order valence-corrected chi connectivity index (χ3v) is 3.74. The van der Waals surface area contributed by atoms with Crippen LogP contribution < -0.4 is 5.32 Å². The first kappa shape index (κ1) is 10.4. The van der Waals surface area contributed by atoms with E-state index >= 15 is 0 Å². The van der Waals surface area contributed by atoms with Crippen LogP contribution in [0.5, 0.6) is 0 Å². The Morgan fingerprint density at radius 1 is 1.27 bits per heavy atom. The second kappa shape index (κ2) is 4.16. The minimum atomic E-state index is -2.94. The molecule has 1 aliphatic rings. The zero-order valence-corrected chi connectivity index (χ0v) is 9.07. The monoisotopic (exact) mass is 223 g/mol. The van der Waals surface area contributed by atoms with Crippen molar-refractivity contribution in [3.8, 4) is 0 Å². The summed E-state index contributed by atoms with van der Waals surface area (Å²) in [6, 6.07) is 9.88. The van der Waals surface area contributed by atoms with Crippen molar-refractivity contribution >= 4 is 9.84 Å². The van der Waals surface area contributed by atoms with Gasteiger partial charge in [0.1, 0.15) is 0 Å². The van der Waals surface area contributed by atoms with Crippen molar-refractivity contribution in [1.82, 2.24) is 5.32 Å². The predicted octanol–water partition coefficient (Wildman–Crippen LogP) is 1.09. The van der Waals surface area contributed by atoms with E-state index < -0.39 is 9.84 Å². The fourth-order valence-corrected chi connectivity index (χ4v) is 2.82. The molecule has 0 spiro atoms. The predicted molar refractivity (Wildman–Crippen MR) is 60.0 cm³/mol. The SMILES string of the molecule is O=S1(=O)C=C[C@@H](NCc2ccccc2)C1. The standard InChI is InChI=1S/C11H13NO2S/c13-15(14)7-6-11(9-15)12-8-10-4-2-1-3-5-10/h1-7,11-12H,8-9H2/t11-/m1/s1. The molecular formula is C11H13NO2S. The Labute approximate surface area is 89.7 Å². The summed E-state index contributed by atoms with van der Waals surface area (Å²) in [4.78, 5) is 0. The van der Waals surface area contributed by atoms with Crippen LogP contribution in [0, 0.1) is 0 Å². The van der Waals surface area contributed by atoms with Gasteiger partial charge < -0.3 is 5.32 Å². The van der Waals surface area contributed by atoms with E-state index in [4.69, 9.17) is 0 Å². The highest BCUT2D eigenvalue weighted by atomic mass is 32.2. The molecule has 1 aliphatic heterocycles. The molecule has 0 radical (unpaired) electrons. The van der Waals surface area contributed by atoms with Crippen LogP contribution in [0.3, 0.4) is 0 Å². The van der Waals surface area contributed by atoms with Gasteiger partial charge in [-0.2, -0.15) is 0 Å². The van der Waals surface area contributed by atoms with Crippen LogP contribution >= 0.6 is 0 Å². The molecule has 0 aliphatic carbocycles. The van der Waals surface area contributed by atoms with E-state index in [0.717, 1.165) is 5.56 Å². The molecule has 80 valence electrons. The van der Waals surface area contributed by atoms with Gasteiger partial charge in [0.2, 0.25) is 0 Å². The van der Waals surface area contributed by atoms with E-state index in [9.17, 15) is 8.42 Å². The van der Waals surface area contributed by atoms with Gasteiger partial charge in [-0.1, -0.05) is 36.4 Å². The van der Waals surface area contributed by atoms with Crippen molar-refractivity contribution in [3.63, 3.8) is 0 Å². The molecule has 0 saturated heterocycles. The molecule has 3 nitrogen and oxygen atoms in total. The zero-order chi connectivity index (χ0) is 10.7. The highest BCUT2D eigenvalue weighted by Crippen LogP contribution is 2.08. The molecule has 1 aromatic rings. The lowest BCUT2D eigenvalue weighted by Gasteiger charge is -2.09. The highest BCUT2D eigenvalue weighted by Gasteiger charge is 2.20. The summed E-state index contributed by atoms with van der Waals surface area (Å²) in [7, 11) is -2.94. The van der Waals surface area contributed by atoms with E-state index in [1.807, 2.05) is 30.3 Å². The number of rotatable bonds is 3. The zero-order valence-electron chi connectivity index (χ0n) is 8.26. The quantitative estimate of drug-likeness (QED) is 0.834. The molecule has 0 saturated carbocycles. The molecule has 2 rings (SSSR count). The fraction of sp³-hybridized carbons (Fsp3) is 0.273. The van der Waals surface area contributed by atoms with Crippen LogP contribution in [0.25, 0.3) is 0 Å². The Balaban J connectivity index is 1.89. The molecule has 1 heterocycles. The van der Waals surface area contributed by atoms with Gasteiger partial charge in [-0.3, -0.25) is 0 Å². The van der Waals surface area contributed by atoms with E-state index in [1.165, 1.54) is 5.41 Å². The Hall–Kier alpha value is -1.13. The molecule has 1 aromatic carbocycles. The maximum absolute atomic E-state index is 11.1. The van der Waals surface area contributed by atoms with Crippen molar-refractivity contribution < 1.29 is 8.42 Å². The van der Waals surface area contributed by atoms with Crippen LogP contribution in [0.2, 0.25) is 0 Å². The summed E-state index contributed by atoms with van der Waals surface area (Å²) in [5, 5.41) is 4.47. The molecule has 1 N–H and O–H groups in total. The fourth-order valence-electron chi connectivity index (χ4n) is 1.55. The Kier molecular flexibility index (Phi) is 2.88. The van der Waals surface area contributed by atoms with Crippen molar-refractivity contribution in [2.24, 2.45) is 0 Å².